The minimum absolute atomic E-state index is 0.235. The molecule has 1 aliphatic rings. The molecule has 0 radical (unpaired) electrons. The van der Waals surface area contributed by atoms with Crippen LogP contribution >= 0.6 is 0 Å². The molecule has 10 heavy (non-hydrogen) atoms. The number of aliphatic imine (C=N–C) groups is 1. The summed E-state index contributed by atoms with van der Waals surface area (Å²) in [5, 5.41) is 0. The number of hydrogen-bond acceptors (Lipinski definition) is 1. The Morgan fingerprint density at radius 3 is 2.50 bits per heavy atom. The molecule has 0 aliphatic heterocycles. The van der Waals surface area contributed by atoms with Gasteiger partial charge in [0.2, 0.25) is 0 Å². The zero-order valence-electron chi connectivity index (χ0n) is 6.38. The van der Waals surface area contributed by atoms with Crippen LogP contribution in [-0.2, 0) is 0 Å². The van der Waals surface area contributed by atoms with Crippen molar-refractivity contribution in [2.75, 3.05) is 0 Å². The number of hydrogen-bond donors (Lipinski definition) is 2. The predicted octanol–water partition coefficient (Wildman–Crippen LogP) is 0.448. The fourth-order valence-corrected chi connectivity index (χ4v) is 1.51. The molecule has 0 saturated heterocycles. The molecule has 1 rings (SSSR count). The van der Waals surface area contributed by atoms with Gasteiger partial charge in [-0.25, -0.2) is 0 Å². The van der Waals surface area contributed by atoms with Gasteiger partial charge in [-0.3, -0.25) is 4.99 Å². The summed E-state index contributed by atoms with van der Waals surface area (Å²) in [6.07, 6.45) is 3.57. The van der Waals surface area contributed by atoms with E-state index < -0.39 is 0 Å². The summed E-state index contributed by atoms with van der Waals surface area (Å²) in [6.45, 7) is 2.24. The van der Waals surface area contributed by atoms with Gasteiger partial charge in [0.1, 0.15) is 0 Å². The molecule has 0 aromatic carbocycles. The fraction of sp³-hybridized carbons (Fsp3) is 0.857. The quantitative estimate of drug-likeness (QED) is 0.411. The average Bonchev–Trinajstić information content (AvgIpc) is 2.13. The molecule has 2 unspecified atom stereocenters. The van der Waals surface area contributed by atoms with Crippen LogP contribution in [0.3, 0.4) is 0 Å². The van der Waals surface area contributed by atoms with Crippen LogP contribution < -0.4 is 11.5 Å². The summed E-state index contributed by atoms with van der Waals surface area (Å²) in [4.78, 5) is 4.10. The minimum Gasteiger partial charge on any atom is -0.370 e. The van der Waals surface area contributed by atoms with Gasteiger partial charge in [0.15, 0.2) is 5.96 Å². The maximum atomic E-state index is 5.25. The highest BCUT2D eigenvalue weighted by molar-refractivity contribution is 5.75. The van der Waals surface area contributed by atoms with Crippen LogP contribution in [0.1, 0.15) is 26.2 Å². The lowest BCUT2D eigenvalue weighted by Crippen LogP contribution is -2.24. The Morgan fingerprint density at radius 1 is 1.40 bits per heavy atom. The Hall–Kier alpha value is -0.730. The lowest BCUT2D eigenvalue weighted by molar-refractivity contribution is 0.594. The summed E-state index contributed by atoms with van der Waals surface area (Å²) in [5.41, 5.74) is 10.5. The predicted molar refractivity (Wildman–Crippen MR) is 42.6 cm³/mol. The second-order valence-corrected chi connectivity index (χ2v) is 3.13. The van der Waals surface area contributed by atoms with Gasteiger partial charge in [-0.2, -0.15) is 0 Å². The third kappa shape index (κ3) is 1.90. The van der Waals surface area contributed by atoms with Crippen LogP contribution in [0, 0.1) is 5.92 Å². The van der Waals surface area contributed by atoms with Crippen molar-refractivity contribution < 1.29 is 0 Å². The Morgan fingerprint density at radius 2 is 2.10 bits per heavy atom. The molecule has 1 aliphatic carbocycles. The summed E-state index contributed by atoms with van der Waals surface area (Å²) in [5.74, 6) is 1.03. The first-order valence-corrected chi connectivity index (χ1v) is 3.77. The Kier molecular flexibility index (Phi) is 2.14. The summed E-state index contributed by atoms with van der Waals surface area (Å²) < 4.78 is 0. The van der Waals surface area contributed by atoms with E-state index in [2.05, 4.69) is 11.9 Å². The van der Waals surface area contributed by atoms with Crippen molar-refractivity contribution in [2.24, 2.45) is 22.4 Å². The molecule has 4 N–H and O–H groups in total. The van der Waals surface area contributed by atoms with E-state index in [0.29, 0.717) is 6.04 Å². The number of guanidine groups is 1. The highest BCUT2D eigenvalue weighted by Gasteiger charge is 2.20. The molecule has 1 saturated carbocycles. The van der Waals surface area contributed by atoms with Crippen molar-refractivity contribution in [3.8, 4) is 0 Å². The first-order valence-electron chi connectivity index (χ1n) is 3.77. The molecule has 3 nitrogen and oxygen atoms in total. The fourth-order valence-electron chi connectivity index (χ4n) is 1.51. The van der Waals surface area contributed by atoms with Gasteiger partial charge in [0.05, 0.1) is 6.04 Å². The molecule has 58 valence electrons. The maximum absolute atomic E-state index is 5.25. The number of rotatable bonds is 1. The highest BCUT2D eigenvalue weighted by Crippen LogP contribution is 2.26. The molecule has 0 aromatic rings. The van der Waals surface area contributed by atoms with Crippen molar-refractivity contribution in [1.82, 2.24) is 0 Å². The van der Waals surface area contributed by atoms with Crippen molar-refractivity contribution in [3.63, 3.8) is 0 Å². The number of nitrogens with two attached hydrogens (primary N) is 2. The van der Waals surface area contributed by atoms with E-state index >= 15 is 0 Å². The molecule has 3 heteroatoms. The van der Waals surface area contributed by atoms with Gasteiger partial charge in [0, 0.05) is 0 Å². The van der Waals surface area contributed by atoms with Gasteiger partial charge in [-0.15, -0.1) is 0 Å². The third-order valence-corrected chi connectivity index (χ3v) is 2.00. The lowest BCUT2D eigenvalue weighted by Gasteiger charge is -2.01. The van der Waals surface area contributed by atoms with Crippen molar-refractivity contribution in [3.05, 3.63) is 0 Å². The van der Waals surface area contributed by atoms with Crippen molar-refractivity contribution >= 4 is 5.96 Å². The van der Waals surface area contributed by atoms with E-state index in [0.717, 1.165) is 18.8 Å². The van der Waals surface area contributed by atoms with Gasteiger partial charge >= 0.3 is 0 Å². The largest absolute Gasteiger partial charge is 0.370 e. The SMILES string of the molecule is CC1CCC(N=C(N)N)C1. The summed E-state index contributed by atoms with van der Waals surface area (Å²) in [7, 11) is 0. The Bertz CT molecular complexity index is 138. The molecule has 0 spiro atoms. The highest BCUT2D eigenvalue weighted by atomic mass is 15.0. The average molecular weight is 141 g/mol. The number of nitrogens with zero attached hydrogens (tertiary/aromatic N) is 1. The van der Waals surface area contributed by atoms with E-state index in [4.69, 9.17) is 11.5 Å². The van der Waals surface area contributed by atoms with Crippen molar-refractivity contribution in [2.45, 2.75) is 32.2 Å². The molecule has 0 amide bonds. The molecule has 2 atom stereocenters. The van der Waals surface area contributed by atoms with Crippen molar-refractivity contribution in [1.29, 1.82) is 0 Å². The van der Waals surface area contributed by atoms with Crippen LogP contribution in [0.15, 0.2) is 4.99 Å². The van der Waals surface area contributed by atoms with E-state index in [1.165, 1.54) is 6.42 Å². The first kappa shape index (κ1) is 7.38. The van der Waals surface area contributed by atoms with E-state index in [1.54, 1.807) is 0 Å². The molecular formula is C7H15N3. The van der Waals surface area contributed by atoms with Crippen LogP contribution in [0.4, 0.5) is 0 Å². The smallest absolute Gasteiger partial charge is 0.186 e. The Balaban J connectivity index is 2.38. The van der Waals surface area contributed by atoms with Crippen LogP contribution in [0.25, 0.3) is 0 Å². The molecule has 1 fully saturated rings. The third-order valence-electron chi connectivity index (χ3n) is 2.00. The minimum atomic E-state index is 0.235. The monoisotopic (exact) mass is 141 g/mol. The molecular weight excluding hydrogens is 126 g/mol. The van der Waals surface area contributed by atoms with Crippen LogP contribution in [0.5, 0.6) is 0 Å². The second-order valence-electron chi connectivity index (χ2n) is 3.13. The Labute approximate surface area is 61.5 Å². The van der Waals surface area contributed by atoms with E-state index in [-0.39, 0.29) is 5.96 Å². The summed E-state index contributed by atoms with van der Waals surface area (Å²) in [6, 6.07) is 0.403. The normalized spacial score (nSPS) is 32.1. The molecule has 0 heterocycles. The maximum Gasteiger partial charge on any atom is 0.186 e. The molecule has 0 bridgehead atoms. The lowest BCUT2D eigenvalue weighted by atomic mass is 10.1. The zero-order valence-corrected chi connectivity index (χ0v) is 6.38. The summed E-state index contributed by atoms with van der Waals surface area (Å²) >= 11 is 0. The second kappa shape index (κ2) is 2.90. The van der Waals surface area contributed by atoms with Gasteiger partial charge < -0.3 is 11.5 Å². The zero-order chi connectivity index (χ0) is 7.56. The van der Waals surface area contributed by atoms with Crippen LogP contribution in [-0.4, -0.2) is 12.0 Å². The standard InChI is InChI=1S/C7H15N3/c1-5-2-3-6(4-5)10-7(8)9/h5-6H,2-4H2,1H3,(H4,8,9,10). The first-order chi connectivity index (χ1) is 4.68. The van der Waals surface area contributed by atoms with Crippen LogP contribution in [0.2, 0.25) is 0 Å². The van der Waals surface area contributed by atoms with E-state index in [9.17, 15) is 0 Å². The molecule has 0 aromatic heterocycles. The van der Waals surface area contributed by atoms with E-state index in [1.807, 2.05) is 0 Å². The van der Waals surface area contributed by atoms with Gasteiger partial charge in [0.25, 0.3) is 0 Å². The van der Waals surface area contributed by atoms with Gasteiger partial charge in [-0.1, -0.05) is 6.92 Å². The topological polar surface area (TPSA) is 64.4 Å². The van der Waals surface area contributed by atoms with Gasteiger partial charge in [-0.05, 0) is 25.2 Å².